The maximum Gasteiger partial charge on any atom is 0.0900 e. The summed E-state index contributed by atoms with van der Waals surface area (Å²) in [4.78, 5) is 5.81. The molecule has 0 aliphatic rings. The van der Waals surface area contributed by atoms with Gasteiger partial charge in [-0.25, -0.2) is 4.98 Å². The minimum Gasteiger partial charge on any atom is -0.383 e. The van der Waals surface area contributed by atoms with E-state index in [-0.39, 0.29) is 12.1 Å². The fraction of sp³-hybridized carbons (Fsp3) is 0.438. The van der Waals surface area contributed by atoms with Gasteiger partial charge in [-0.05, 0) is 26.3 Å². The number of hydrogen-bond donors (Lipinski definition) is 1. The van der Waals surface area contributed by atoms with Crippen molar-refractivity contribution >= 4 is 11.3 Å². The monoisotopic (exact) mass is 290 g/mol. The Balaban J connectivity index is 2.14. The highest BCUT2D eigenvalue weighted by Crippen LogP contribution is 2.27. The maximum atomic E-state index is 5.36. The average molecular weight is 290 g/mol. The molecule has 2 atom stereocenters. The summed E-state index contributed by atoms with van der Waals surface area (Å²) in [5.41, 5.74) is 2.37. The number of ether oxygens (including phenoxy) is 1. The third kappa shape index (κ3) is 3.66. The van der Waals surface area contributed by atoms with Crippen LogP contribution in [0.2, 0.25) is 0 Å². The van der Waals surface area contributed by atoms with Gasteiger partial charge in [0.1, 0.15) is 0 Å². The number of nitrogens with zero attached hydrogens (tertiary/aromatic N) is 1. The Hall–Kier alpha value is -1.23. The zero-order valence-corrected chi connectivity index (χ0v) is 13.3. The molecule has 2 unspecified atom stereocenters. The van der Waals surface area contributed by atoms with Crippen LogP contribution in [0.4, 0.5) is 0 Å². The van der Waals surface area contributed by atoms with Crippen LogP contribution < -0.4 is 5.32 Å². The topological polar surface area (TPSA) is 34.1 Å². The van der Waals surface area contributed by atoms with Crippen LogP contribution in [-0.4, -0.2) is 18.7 Å². The molecule has 0 radical (unpaired) electrons. The second-order valence-corrected chi connectivity index (χ2v) is 6.22. The lowest BCUT2D eigenvalue weighted by atomic mass is 10.1. The van der Waals surface area contributed by atoms with Gasteiger partial charge < -0.3 is 10.1 Å². The van der Waals surface area contributed by atoms with Gasteiger partial charge in [-0.2, -0.15) is 0 Å². The lowest BCUT2D eigenvalue weighted by Gasteiger charge is -2.23. The van der Waals surface area contributed by atoms with Crippen LogP contribution >= 0.6 is 11.3 Å². The normalized spacial score (nSPS) is 14.2. The van der Waals surface area contributed by atoms with Gasteiger partial charge in [-0.15, -0.1) is 11.3 Å². The first-order chi connectivity index (χ1) is 9.61. The minimum absolute atomic E-state index is 0.193. The molecular weight excluding hydrogens is 268 g/mol. The molecule has 0 fully saturated rings. The molecule has 2 rings (SSSR count). The quantitative estimate of drug-likeness (QED) is 0.878. The summed E-state index contributed by atoms with van der Waals surface area (Å²) >= 11 is 1.76. The van der Waals surface area contributed by atoms with Crippen LogP contribution in [0.25, 0.3) is 0 Å². The number of benzene rings is 1. The molecular formula is C16H22N2OS. The van der Waals surface area contributed by atoms with E-state index in [2.05, 4.69) is 55.3 Å². The van der Waals surface area contributed by atoms with Crippen molar-refractivity contribution in [1.29, 1.82) is 0 Å². The lowest BCUT2D eigenvalue weighted by Crippen LogP contribution is -2.27. The van der Waals surface area contributed by atoms with Crippen LogP contribution in [0, 0.1) is 13.8 Å². The van der Waals surface area contributed by atoms with E-state index >= 15 is 0 Å². The molecule has 0 bridgehead atoms. The highest BCUT2D eigenvalue weighted by Gasteiger charge is 2.18. The molecule has 0 amide bonds. The molecule has 2 aromatic rings. The van der Waals surface area contributed by atoms with E-state index in [0.717, 1.165) is 10.7 Å². The fourth-order valence-electron chi connectivity index (χ4n) is 2.42. The zero-order chi connectivity index (χ0) is 14.5. The molecule has 1 aromatic heterocycles. The van der Waals surface area contributed by atoms with E-state index in [4.69, 9.17) is 4.74 Å². The number of aromatic nitrogens is 1. The maximum absolute atomic E-state index is 5.36. The van der Waals surface area contributed by atoms with Crippen molar-refractivity contribution in [2.24, 2.45) is 0 Å². The molecule has 0 saturated heterocycles. The van der Waals surface area contributed by atoms with E-state index in [1.165, 1.54) is 10.4 Å². The van der Waals surface area contributed by atoms with Gasteiger partial charge in [-0.3, -0.25) is 0 Å². The summed E-state index contributed by atoms with van der Waals surface area (Å²) < 4.78 is 5.36. The van der Waals surface area contributed by atoms with Gasteiger partial charge >= 0.3 is 0 Å². The minimum atomic E-state index is 0.193. The number of nitrogens with one attached hydrogen (secondary N) is 1. The number of hydrogen-bond acceptors (Lipinski definition) is 4. The van der Waals surface area contributed by atoms with E-state index in [1.54, 1.807) is 18.4 Å². The third-order valence-electron chi connectivity index (χ3n) is 3.32. The molecule has 1 heterocycles. The van der Waals surface area contributed by atoms with Crippen LogP contribution in [0.3, 0.4) is 0 Å². The molecule has 3 nitrogen and oxygen atoms in total. The highest BCUT2D eigenvalue weighted by atomic mass is 32.1. The van der Waals surface area contributed by atoms with Crippen LogP contribution in [-0.2, 0) is 4.74 Å². The first-order valence-electron chi connectivity index (χ1n) is 6.85. The van der Waals surface area contributed by atoms with E-state index in [1.807, 2.05) is 6.07 Å². The Bertz CT molecular complexity index is 539. The Morgan fingerprint density at radius 2 is 1.95 bits per heavy atom. The van der Waals surface area contributed by atoms with Crippen molar-refractivity contribution < 1.29 is 4.74 Å². The van der Waals surface area contributed by atoms with Gasteiger partial charge in [0.15, 0.2) is 0 Å². The van der Waals surface area contributed by atoms with Crippen molar-refractivity contribution in [3.63, 3.8) is 0 Å². The summed E-state index contributed by atoms with van der Waals surface area (Å²) in [6.45, 7) is 6.97. The lowest BCUT2D eigenvalue weighted by molar-refractivity contribution is 0.162. The summed E-state index contributed by atoms with van der Waals surface area (Å²) in [6, 6.07) is 10.9. The van der Waals surface area contributed by atoms with Gasteiger partial charge in [0.25, 0.3) is 0 Å². The van der Waals surface area contributed by atoms with Gasteiger partial charge in [-0.1, -0.05) is 30.3 Å². The van der Waals surface area contributed by atoms with Crippen molar-refractivity contribution in [2.75, 3.05) is 13.7 Å². The zero-order valence-electron chi connectivity index (χ0n) is 12.5. The summed E-state index contributed by atoms with van der Waals surface area (Å²) in [5, 5.41) is 4.77. The van der Waals surface area contributed by atoms with Crippen LogP contribution in [0.5, 0.6) is 0 Å². The molecule has 1 N–H and O–H groups in total. The Kier molecular flexibility index (Phi) is 5.29. The Morgan fingerprint density at radius 1 is 1.25 bits per heavy atom. The molecule has 1 aromatic carbocycles. The SMILES string of the molecule is COCC(NC(C)c1sc(C)nc1C)c1ccccc1. The highest BCUT2D eigenvalue weighted by molar-refractivity contribution is 7.11. The smallest absolute Gasteiger partial charge is 0.0900 e. The summed E-state index contributed by atoms with van der Waals surface area (Å²) in [7, 11) is 1.74. The molecule has 0 spiro atoms. The molecule has 0 aliphatic carbocycles. The van der Waals surface area contributed by atoms with Crippen molar-refractivity contribution in [2.45, 2.75) is 32.9 Å². The van der Waals surface area contributed by atoms with E-state index in [0.29, 0.717) is 6.61 Å². The van der Waals surface area contributed by atoms with Gasteiger partial charge in [0.2, 0.25) is 0 Å². The first kappa shape index (κ1) is 15.2. The standard InChI is InChI=1S/C16H22N2OS/c1-11-16(20-13(3)17-11)12(2)18-15(10-19-4)14-8-6-5-7-9-14/h5-9,12,15,18H,10H2,1-4H3. The number of rotatable bonds is 6. The van der Waals surface area contributed by atoms with E-state index < -0.39 is 0 Å². The van der Waals surface area contributed by atoms with Crippen LogP contribution in [0.15, 0.2) is 30.3 Å². The summed E-state index contributed by atoms with van der Waals surface area (Å²) in [5.74, 6) is 0. The average Bonchev–Trinajstić information content (AvgIpc) is 2.78. The predicted octanol–water partition coefficient (Wildman–Crippen LogP) is 3.80. The van der Waals surface area contributed by atoms with Gasteiger partial charge in [0, 0.05) is 18.0 Å². The van der Waals surface area contributed by atoms with Crippen molar-refractivity contribution in [3.8, 4) is 0 Å². The summed E-state index contributed by atoms with van der Waals surface area (Å²) in [6.07, 6.45) is 0. The second-order valence-electron chi connectivity index (χ2n) is 4.99. The Morgan fingerprint density at radius 3 is 2.50 bits per heavy atom. The Labute approximate surface area is 125 Å². The van der Waals surface area contributed by atoms with Crippen molar-refractivity contribution in [1.82, 2.24) is 10.3 Å². The first-order valence-corrected chi connectivity index (χ1v) is 7.67. The molecule has 0 aliphatic heterocycles. The predicted molar refractivity (Wildman–Crippen MR) is 84.2 cm³/mol. The third-order valence-corrected chi connectivity index (χ3v) is 4.57. The number of thiazole rings is 1. The molecule has 4 heteroatoms. The van der Waals surface area contributed by atoms with Crippen LogP contribution in [0.1, 0.15) is 40.1 Å². The van der Waals surface area contributed by atoms with Gasteiger partial charge in [0.05, 0.1) is 23.4 Å². The second kappa shape index (κ2) is 6.97. The molecule has 0 saturated carbocycles. The fourth-order valence-corrected chi connectivity index (χ4v) is 3.36. The molecule has 20 heavy (non-hydrogen) atoms. The van der Waals surface area contributed by atoms with Crippen molar-refractivity contribution in [3.05, 3.63) is 51.5 Å². The molecule has 108 valence electrons. The number of aryl methyl sites for hydroxylation is 2. The number of methoxy groups -OCH3 is 1. The largest absolute Gasteiger partial charge is 0.383 e. The van der Waals surface area contributed by atoms with E-state index in [9.17, 15) is 0 Å².